The van der Waals surface area contributed by atoms with Gasteiger partial charge in [-0.15, -0.1) is 12.4 Å². The number of carboxylic acid groups (broad SMARTS) is 1. The molecule has 1 saturated carbocycles. The third kappa shape index (κ3) is 4.72. The molecule has 0 radical (unpaired) electrons. The molecule has 6 heteroatoms. The van der Waals surface area contributed by atoms with Gasteiger partial charge in [0.05, 0.1) is 0 Å². The maximum absolute atomic E-state index is 13.0. The van der Waals surface area contributed by atoms with E-state index in [2.05, 4.69) is 0 Å². The van der Waals surface area contributed by atoms with Gasteiger partial charge in [0, 0.05) is 12.8 Å². The second kappa shape index (κ2) is 4.89. The quantitative estimate of drug-likeness (QED) is 0.754. The summed E-state index contributed by atoms with van der Waals surface area (Å²) in [6, 6.07) is -1.45. The van der Waals surface area contributed by atoms with Gasteiger partial charge in [0.1, 0.15) is 6.04 Å². The summed E-state index contributed by atoms with van der Waals surface area (Å²) in [6.07, 6.45) is 0.697. The fraction of sp³-hybridized carbons (Fsp3) is 0.875. The molecule has 0 aromatic carbocycles. The first-order chi connectivity index (χ1) is 5.91. The molecule has 0 amide bonds. The zero-order valence-corrected chi connectivity index (χ0v) is 8.40. The van der Waals surface area contributed by atoms with Crippen molar-refractivity contribution < 1.29 is 18.7 Å². The lowest BCUT2D eigenvalue weighted by Crippen LogP contribution is -2.37. The van der Waals surface area contributed by atoms with E-state index in [1.54, 1.807) is 0 Å². The van der Waals surface area contributed by atoms with Crippen molar-refractivity contribution in [2.24, 2.45) is 11.7 Å². The second-order valence-electron chi connectivity index (χ2n) is 3.65. The van der Waals surface area contributed by atoms with Crippen LogP contribution >= 0.6 is 12.4 Å². The number of aliphatic carboxylic acids is 1. The molecule has 0 bridgehead atoms. The van der Waals surface area contributed by atoms with E-state index in [4.69, 9.17) is 10.8 Å². The number of alkyl halides is 2. The molecule has 0 aromatic rings. The van der Waals surface area contributed by atoms with Crippen molar-refractivity contribution in [2.75, 3.05) is 0 Å². The second-order valence-corrected chi connectivity index (χ2v) is 3.65. The lowest BCUT2D eigenvalue weighted by atomic mass is 10.0. The molecule has 1 fully saturated rings. The minimum absolute atomic E-state index is 0. The van der Waals surface area contributed by atoms with E-state index in [1.807, 2.05) is 0 Å². The first kappa shape index (κ1) is 13.6. The average molecular weight is 230 g/mol. The Labute approximate surface area is 87.1 Å². The van der Waals surface area contributed by atoms with Crippen LogP contribution in [-0.4, -0.2) is 23.0 Å². The van der Waals surface area contributed by atoms with E-state index >= 15 is 0 Å². The van der Waals surface area contributed by atoms with Crippen LogP contribution in [0.1, 0.15) is 25.7 Å². The average Bonchev–Trinajstić information content (AvgIpc) is 2.69. The molecule has 0 heterocycles. The van der Waals surface area contributed by atoms with Crippen molar-refractivity contribution in [3.05, 3.63) is 0 Å². The summed E-state index contributed by atoms with van der Waals surface area (Å²) in [5.74, 6) is -4.20. The van der Waals surface area contributed by atoms with Gasteiger partial charge in [-0.05, 0) is 18.8 Å². The summed E-state index contributed by atoms with van der Waals surface area (Å²) in [7, 11) is 0. The third-order valence-electron chi connectivity index (χ3n) is 2.12. The molecule has 1 aliphatic carbocycles. The molecule has 1 rings (SSSR count). The summed E-state index contributed by atoms with van der Waals surface area (Å²) in [4.78, 5) is 10.2. The van der Waals surface area contributed by atoms with Crippen LogP contribution in [0.25, 0.3) is 0 Å². The van der Waals surface area contributed by atoms with E-state index in [0.717, 1.165) is 12.8 Å². The van der Waals surface area contributed by atoms with Gasteiger partial charge < -0.3 is 10.8 Å². The Morgan fingerprint density at radius 2 is 2.07 bits per heavy atom. The summed E-state index contributed by atoms with van der Waals surface area (Å²) in [5.41, 5.74) is 5.02. The van der Waals surface area contributed by atoms with Crippen molar-refractivity contribution in [3.8, 4) is 0 Å². The lowest BCUT2D eigenvalue weighted by molar-refractivity contribution is -0.141. The molecule has 3 N–H and O–H groups in total. The Morgan fingerprint density at radius 1 is 1.57 bits per heavy atom. The van der Waals surface area contributed by atoms with Gasteiger partial charge >= 0.3 is 5.97 Å². The Balaban J connectivity index is 0.00000169. The smallest absolute Gasteiger partial charge is 0.320 e. The summed E-state index contributed by atoms with van der Waals surface area (Å²) in [5, 5.41) is 8.34. The highest BCUT2D eigenvalue weighted by Gasteiger charge is 2.39. The Morgan fingerprint density at radius 3 is 2.43 bits per heavy atom. The van der Waals surface area contributed by atoms with Gasteiger partial charge in [0.25, 0.3) is 5.92 Å². The maximum Gasteiger partial charge on any atom is 0.320 e. The predicted molar refractivity (Wildman–Crippen MR) is 49.8 cm³/mol. The van der Waals surface area contributed by atoms with E-state index in [-0.39, 0.29) is 24.7 Å². The molecular weight excluding hydrogens is 216 g/mol. The van der Waals surface area contributed by atoms with Crippen molar-refractivity contribution >= 4 is 18.4 Å². The van der Waals surface area contributed by atoms with Gasteiger partial charge in [0.2, 0.25) is 0 Å². The number of halogens is 3. The molecule has 1 aliphatic rings. The molecule has 84 valence electrons. The summed E-state index contributed by atoms with van der Waals surface area (Å²) < 4.78 is 26.0. The monoisotopic (exact) mass is 229 g/mol. The van der Waals surface area contributed by atoms with E-state index < -0.39 is 24.4 Å². The van der Waals surface area contributed by atoms with Crippen molar-refractivity contribution in [1.29, 1.82) is 0 Å². The summed E-state index contributed by atoms with van der Waals surface area (Å²) >= 11 is 0. The number of hydrogen-bond acceptors (Lipinski definition) is 2. The predicted octanol–water partition coefficient (Wildman–Crippen LogP) is 1.65. The van der Waals surface area contributed by atoms with Crippen LogP contribution in [0.15, 0.2) is 0 Å². The number of nitrogens with two attached hydrogens (primary N) is 1. The molecule has 14 heavy (non-hydrogen) atoms. The Hall–Kier alpha value is -0.420. The fourth-order valence-electron chi connectivity index (χ4n) is 1.24. The van der Waals surface area contributed by atoms with Crippen LogP contribution in [0.3, 0.4) is 0 Å². The number of carboxylic acids is 1. The third-order valence-corrected chi connectivity index (χ3v) is 2.12. The first-order valence-electron chi connectivity index (χ1n) is 4.27. The van der Waals surface area contributed by atoms with Crippen LogP contribution < -0.4 is 5.73 Å². The highest BCUT2D eigenvalue weighted by molar-refractivity contribution is 5.85. The normalized spacial score (nSPS) is 18.5. The van der Waals surface area contributed by atoms with E-state index in [1.165, 1.54) is 0 Å². The van der Waals surface area contributed by atoms with Crippen molar-refractivity contribution in [1.82, 2.24) is 0 Å². The molecule has 0 saturated heterocycles. The summed E-state index contributed by atoms with van der Waals surface area (Å²) in [6.45, 7) is 0. The van der Waals surface area contributed by atoms with Crippen molar-refractivity contribution in [2.45, 2.75) is 37.6 Å². The minimum atomic E-state index is -2.92. The highest BCUT2D eigenvalue weighted by atomic mass is 35.5. The molecular formula is C8H14ClF2NO2. The maximum atomic E-state index is 13.0. The molecule has 3 nitrogen and oxygen atoms in total. The largest absolute Gasteiger partial charge is 0.480 e. The Bertz CT molecular complexity index is 210. The van der Waals surface area contributed by atoms with Gasteiger partial charge in [-0.3, -0.25) is 4.79 Å². The molecule has 0 unspecified atom stereocenters. The number of carbonyl (C=O) groups is 1. The number of rotatable bonds is 5. The lowest BCUT2D eigenvalue weighted by Gasteiger charge is -2.17. The minimum Gasteiger partial charge on any atom is -0.480 e. The van der Waals surface area contributed by atoms with E-state index in [0.29, 0.717) is 0 Å². The van der Waals surface area contributed by atoms with Crippen LogP contribution in [0.2, 0.25) is 0 Å². The molecule has 1 atom stereocenters. The SMILES string of the molecule is Cl.N[C@@H](CC(F)(F)CC1CC1)C(=O)O. The fourth-order valence-corrected chi connectivity index (χ4v) is 1.24. The topological polar surface area (TPSA) is 63.3 Å². The molecule has 0 spiro atoms. The molecule has 0 aromatic heterocycles. The highest BCUT2D eigenvalue weighted by Crippen LogP contribution is 2.40. The zero-order chi connectivity index (χ0) is 10.1. The number of hydrogen-bond donors (Lipinski definition) is 2. The van der Waals surface area contributed by atoms with E-state index in [9.17, 15) is 13.6 Å². The molecule has 0 aliphatic heterocycles. The Kier molecular flexibility index (Phi) is 4.74. The van der Waals surface area contributed by atoms with Gasteiger partial charge in [-0.2, -0.15) is 0 Å². The van der Waals surface area contributed by atoms with Crippen molar-refractivity contribution in [3.63, 3.8) is 0 Å². The zero-order valence-electron chi connectivity index (χ0n) is 7.58. The van der Waals surface area contributed by atoms with Crippen LogP contribution in [0, 0.1) is 5.92 Å². The van der Waals surface area contributed by atoms with Crippen LogP contribution in [0.5, 0.6) is 0 Å². The first-order valence-corrected chi connectivity index (χ1v) is 4.27. The van der Waals surface area contributed by atoms with Gasteiger partial charge in [-0.25, -0.2) is 8.78 Å². The van der Waals surface area contributed by atoms with Gasteiger partial charge in [0.15, 0.2) is 0 Å². The standard InChI is InChI=1S/C8H13F2NO2.ClH/c9-8(10,3-5-1-2-5)4-6(11)7(12)13;/h5-6H,1-4,11H2,(H,12,13);1H/t6-;/m0./s1. The van der Waals surface area contributed by atoms with Crippen LogP contribution in [0.4, 0.5) is 8.78 Å². The van der Waals surface area contributed by atoms with Crippen LogP contribution in [-0.2, 0) is 4.79 Å². The van der Waals surface area contributed by atoms with Gasteiger partial charge in [-0.1, -0.05) is 0 Å².